The molecule has 2 bridgehead atoms. The lowest BCUT2D eigenvalue weighted by Gasteiger charge is -2.22. The van der Waals surface area contributed by atoms with E-state index in [-0.39, 0.29) is 12.1 Å². The summed E-state index contributed by atoms with van der Waals surface area (Å²) in [5, 5.41) is 7.13. The van der Waals surface area contributed by atoms with Gasteiger partial charge in [-0.1, -0.05) is 0 Å². The number of likely N-dealkylation sites (tertiary alicyclic amines) is 1. The van der Waals surface area contributed by atoms with Gasteiger partial charge in [0, 0.05) is 20.1 Å². The average Bonchev–Trinajstić information content (AvgIpc) is 3.20. The van der Waals surface area contributed by atoms with Crippen LogP contribution in [0.25, 0.3) is 0 Å². The first kappa shape index (κ1) is 13.1. The van der Waals surface area contributed by atoms with Crippen molar-refractivity contribution in [2.75, 3.05) is 13.1 Å². The van der Waals surface area contributed by atoms with Gasteiger partial charge in [0.1, 0.15) is 12.2 Å². The van der Waals surface area contributed by atoms with Crippen molar-refractivity contribution >= 4 is 6.03 Å². The molecule has 6 nitrogen and oxygen atoms in total. The summed E-state index contributed by atoms with van der Waals surface area (Å²) in [6, 6.07) is -0.0542. The monoisotopic (exact) mass is 289 g/mol. The summed E-state index contributed by atoms with van der Waals surface area (Å²) in [5.74, 6) is 4.09. The number of fused-ring (bicyclic) bond motifs is 5. The molecule has 2 saturated carbocycles. The lowest BCUT2D eigenvalue weighted by molar-refractivity contribution is 0.199. The maximum Gasteiger partial charge on any atom is 0.317 e. The highest BCUT2D eigenvalue weighted by Crippen LogP contribution is 2.55. The van der Waals surface area contributed by atoms with Crippen LogP contribution in [-0.2, 0) is 7.05 Å². The maximum absolute atomic E-state index is 12.5. The zero-order chi connectivity index (χ0) is 14.6. The fourth-order valence-electron chi connectivity index (χ4n) is 4.89. The minimum Gasteiger partial charge on any atom is -0.328 e. The molecule has 2 aliphatic carbocycles. The Bertz CT molecular complexity index is 538. The van der Waals surface area contributed by atoms with Crippen molar-refractivity contribution in [2.45, 2.75) is 32.2 Å². The molecule has 1 aliphatic heterocycles. The third-order valence-corrected chi connectivity index (χ3v) is 5.90. The summed E-state index contributed by atoms with van der Waals surface area (Å²) in [7, 11) is 1.85. The van der Waals surface area contributed by atoms with E-state index >= 15 is 0 Å². The van der Waals surface area contributed by atoms with Gasteiger partial charge in [0.25, 0.3) is 0 Å². The second-order valence-corrected chi connectivity index (χ2v) is 6.98. The van der Waals surface area contributed by atoms with Crippen LogP contribution in [0.5, 0.6) is 0 Å². The molecule has 6 heteroatoms. The molecular formula is C15H23N5O. The van der Waals surface area contributed by atoms with Crippen LogP contribution in [0.1, 0.15) is 38.1 Å². The first-order valence-electron chi connectivity index (χ1n) is 8.03. The highest BCUT2D eigenvalue weighted by molar-refractivity contribution is 5.75. The number of nitrogens with one attached hydrogen (secondary N) is 1. The molecule has 0 aromatic carbocycles. The number of carbonyl (C=O) groups excluding carboxylic acids is 1. The number of amides is 2. The molecule has 114 valence electrons. The van der Waals surface area contributed by atoms with Gasteiger partial charge in [0.15, 0.2) is 0 Å². The van der Waals surface area contributed by atoms with Crippen LogP contribution in [0, 0.1) is 23.7 Å². The number of aryl methyl sites for hydroxylation is 1. The van der Waals surface area contributed by atoms with Crippen LogP contribution >= 0.6 is 0 Å². The molecule has 0 spiro atoms. The van der Waals surface area contributed by atoms with Crippen molar-refractivity contribution in [3.63, 3.8) is 0 Å². The number of hydrogen-bond acceptors (Lipinski definition) is 3. The molecule has 1 aromatic rings. The minimum absolute atomic E-state index is 0.0549. The molecule has 3 fully saturated rings. The number of rotatable bonds is 2. The fourth-order valence-corrected chi connectivity index (χ4v) is 4.89. The van der Waals surface area contributed by atoms with Crippen molar-refractivity contribution in [3.8, 4) is 0 Å². The van der Waals surface area contributed by atoms with Crippen molar-refractivity contribution in [1.29, 1.82) is 0 Å². The van der Waals surface area contributed by atoms with Crippen molar-refractivity contribution in [3.05, 3.63) is 12.2 Å². The molecule has 0 radical (unpaired) electrons. The molecule has 5 unspecified atom stereocenters. The third-order valence-electron chi connectivity index (χ3n) is 5.90. The number of nitrogens with zero attached hydrogens (tertiary/aromatic N) is 4. The van der Waals surface area contributed by atoms with Gasteiger partial charge in [-0.2, -0.15) is 5.10 Å². The molecule has 1 N–H and O–H groups in total. The van der Waals surface area contributed by atoms with Crippen molar-refractivity contribution in [1.82, 2.24) is 25.0 Å². The summed E-state index contributed by atoms with van der Waals surface area (Å²) in [4.78, 5) is 18.7. The first-order valence-corrected chi connectivity index (χ1v) is 8.03. The van der Waals surface area contributed by atoms with Gasteiger partial charge in [0.2, 0.25) is 0 Å². The van der Waals surface area contributed by atoms with Gasteiger partial charge in [-0.05, 0) is 49.9 Å². The van der Waals surface area contributed by atoms with E-state index in [1.807, 2.05) is 18.9 Å². The number of hydrogen-bond donors (Lipinski definition) is 1. The van der Waals surface area contributed by atoms with Crippen LogP contribution in [0.2, 0.25) is 0 Å². The maximum atomic E-state index is 12.5. The number of urea groups is 1. The normalized spacial score (nSPS) is 35.0. The van der Waals surface area contributed by atoms with Crippen molar-refractivity contribution in [2.24, 2.45) is 30.7 Å². The first-order chi connectivity index (χ1) is 10.1. The smallest absolute Gasteiger partial charge is 0.317 e. The quantitative estimate of drug-likeness (QED) is 0.898. The summed E-state index contributed by atoms with van der Waals surface area (Å²) in [6.45, 7) is 3.86. The topological polar surface area (TPSA) is 63.1 Å². The van der Waals surface area contributed by atoms with E-state index in [4.69, 9.17) is 0 Å². The highest BCUT2D eigenvalue weighted by Gasteiger charge is 2.52. The molecule has 4 rings (SSSR count). The Morgan fingerprint density at radius 1 is 1.33 bits per heavy atom. The molecule has 21 heavy (non-hydrogen) atoms. The van der Waals surface area contributed by atoms with Gasteiger partial charge < -0.3 is 10.2 Å². The van der Waals surface area contributed by atoms with E-state index < -0.39 is 0 Å². The van der Waals surface area contributed by atoms with Gasteiger partial charge in [-0.25, -0.2) is 9.78 Å². The van der Waals surface area contributed by atoms with Crippen molar-refractivity contribution < 1.29 is 4.79 Å². The molecule has 1 aromatic heterocycles. The van der Waals surface area contributed by atoms with Crippen LogP contribution in [0.4, 0.5) is 4.79 Å². The fraction of sp³-hybridized carbons (Fsp3) is 0.800. The zero-order valence-corrected chi connectivity index (χ0v) is 12.7. The van der Waals surface area contributed by atoms with E-state index in [1.165, 1.54) is 25.6 Å². The summed E-state index contributed by atoms with van der Waals surface area (Å²) in [6.07, 6.45) is 5.71. The lowest BCUT2D eigenvalue weighted by atomic mass is 9.82. The van der Waals surface area contributed by atoms with Gasteiger partial charge >= 0.3 is 6.03 Å². The molecule has 2 amide bonds. The Balaban J connectivity index is 1.39. The molecule has 3 aliphatic rings. The van der Waals surface area contributed by atoms with Gasteiger partial charge in [-0.3, -0.25) is 4.68 Å². The average molecular weight is 289 g/mol. The Hall–Kier alpha value is -1.59. The van der Waals surface area contributed by atoms with E-state index in [1.54, 1.807) is 4.68 Å². The zero-order valence-electron chi connectivity index (χ0n) is 12.7. The van der Waals surface area contributed by atoms with Crippen LogP contribution in [0.3, 0.4) is 0 Å². The van der Waals surface area contributed by atoms with E-state index in [9.17, 15) is 4.79 Å². The number of aromatic nitrogens is 3. The summed E-state index contributed by atoms with van der Waals surface area (Å²) < 4.78 is 1.71. The van der Waals surface area contributed by atoms with Gasteiger partial charge in [-0.15, -0.1) is 0 Å². The SMILES string of the molecule is CC(NC(=O)N1CC2C3CCC(C3)C2C1)c1ncnn1C. The molecular weight excluding hydrogens is 266 g/mol. The standard InChI is InChI=1S/C15H23N5O/c1-9(14-16-8-17-19(14)2)18-15(21)20-6-12-10-3-4-11(5-10)13(12)7-20/h8-13H,3-7H2,1-2H3,(H,18,21). The van der Waals surface area contributed by atoms with E-state index in [0.29, 0.717) is 0 Å². The van der Waals surface area contributed by atoms with Gasteiger partial charge in [0.05, 0.1) is 6.04 Å². The minimum atomic E-state index is -0.109. The van der Waals surface area contributed by atoms with Crippen LogP contribution < -0.4 is 5.32 Å². The summed E-state index contributed by atoms with van der Waals surface area (Å²) in [5.41, 5.74) is 0. The van der Waals surface area contributed by atoms with E-state index in [2.05, 4.69) is 15.4 Å². The largest absolute Gasteiger partial charge is 0.328 e. The highest BCUT2D eigenvalue weighted by atomic mass is 16.2. The van der Waals surface area contributed by atoms with E-state index in [0.717, 1.165) is 42.6 Å². The molecule has 1 saturated heterocycles. The Morgan fingerprint density at radius 2 is 2.00 bits per heavy atom. The second kappa shape index (κ2) is 4.71. The van der Waals surface area contributed by atoms with Crippen LogP contribution in [0.15, 0.2) is 6.33 Å². The number of carbonyl (C=O) groups is 1. The molecule has 5 atom stereocenters. The summed E-state index contributed by atoms with van der Waals surface area (Å²) >= 11 is 0. The molecule has 2 heterocycles. The van der Waals surface area contributed by atoms with Crippen LogP contribution in [-0.4, -0.2) is 38.8 Å². The predicted octanol–water partition coefficient (Wildman–Crippen LogP) is 1.56. The third kappa shape index (κ3) is 2.03. The second-order valence-electron chi connectivity index (χ2n) is 6.98. The Labute approximate surface area is 124 Å². The Morgan fingerprint density at radius 3 is 2.57 bits per heavy atom. The Kier molecular flexibility index (Phi) is 2.94. The predicted molar refractivity (Wildman–Crippen MR) is 77.3 cm³/mol. The lowest BCUT2D eigenvalue weighted by Crippen LogP contribution is -2.41.